The van der Waals surface area contributed by atoms with Crippen LogP contribution in [0.3, 0.4) is 0 Å². The summed E-state index contributed by atoms with van der Waals surface area (Å²) in [5.41, 5.74) is 0.740. The van der Waals surface area contributed by atoms with Crippen LogP contribution < -0.4 is 0 Å². The number of halogens is 1. The summed E-state index contributed by atoms with van der Waals surface area (Å²) in [5, 5.41) is 14.4. The zero-order chi connectivity index (χ0) is 10.8. The van der Waals surface area contributed by atoms with E-state index >= 15 is 0 Å². The molecule has 0 fully saturated rings. The van der Waals surface area contributed by atoms with E-state index in [2.05, 4.69) is 26.0 Å². The van der Waals surface area contributed by atoms with Gasteiger partial charge in [0.2, 0.25) is 0 Å². The quantitative estimate of drug-likeness (QED) is 0.616. The third-order valence-electron chi connectivity index (χ3n) is 1.81. The van der Waals surface area contributed by atoms with Crippen LogP contribution in [0.15, 0.2) is 35.3 Å². The van der Waals surface area contributed by atoms with Crippen LogP contribution in [0.1, 0.15) is 0 Å². The normalized spacial score (nSPS) is 10.2. The molecular weight excluding hydrogens is 264 g/mol. The second kappa shape index (κ2) is 3.77. The van der Waals surface area contributed by atoms with Gasteiger partial charge in [-0.15, -0.1) is 0 Å². The van der Waals surface area contributed by atoms with Crippen molar-refractivity contribution in [3.63, 3.8) is 0 Å². The standard InChI is InChI=1S/C8H5BrN4O2/c9-7-3-6(13(14)15)1-2-8(7)12-5-10-4-11-12/h1-5H. The first-order valence-corrected chi connectivity index (χ1v) is 4.77. The molecule has 0 atom stereocenters. The van der Waals surface area contributed by atoms with E-state index in [1.54, 1.807) is 6.07 Å². The van der Waals surface area contributed by atoms with Crippen LogP contribution >= 0.6 is 15.9 Å². The first-order chi connectivity index (χ1) is 7.18. The Labute approximate surface area is 92.8 Å². The summed E-state index contributed by atoms with van der Waals surface area (Å²) in [7, 11) is 0. The fourth-order valence-electron chi connectivity index (χ4n) is 1.13. The second-order valence-electron chi connectivity index (χ2n) is 2.73. The Morgan fingerprint density at radius 3 is 2.80 bits per heavy atom. The number of aromatic nitrogens is 3. The van der Waals surface area contributed by atoms with Crippen molar-refractivity contribution in [1.82, 2.24) is 14.8 Å². The molecule has 1 heterocycles. The molecule has 2 aromatic rings. The van der Waals surface area contributed by atoms with Crippen molar-refractivity contribution in [3.8, 4) is 5.69 Å². The van der Waals surface area contributed by atoms with Gasteiger partial charge < -0.3 is 0 Å². The minimum atomic E-state index is -0.449. The third kappa shape index (κ3) is 1.86. The van der Waals surface area contributed by atoms with Gasteiger partial charge in [-0.25, -0.2) is 9.67 Å². The summed E-state index contributed by atoms with van der Waals surface area (Å²) in [5.74, 6) is 0. The maximum atomic E-state index is 10.5. The average Bonchev–Trinajstić information content (AvgIpc) is 2.70. The van der Waals surface area contributed by atoms with E-state index < -0.39 is 4.92 Å². The third-order valence-corrected chi connectivity index (χ3v) is 2.44. The van der Waals surface area contributed by atoms with Crippen molar-refractivity contribution in [1.29, 1.82) is 0 Å². The van der Waals surface area contributed by atoms with Gasteiger partial charge in [0.15, 0.2) is 0 Å². The highest BCUT2D eigenvalue weighted by atomic mass is 79.9. The summed E-state index contributed by atoms with van der Waals surface area (Å²) in [6, 6.07) is 4.45. The number of nitro benzene ring substituents is 1. The predicted molar refractivity (Wildman–Crippen MR) is 55.7 cm³/mol. The Kier molecular flexibility index (Phi) is 2.46. The van der Waals surface area contributed by atoms with Crippen LogP contribution in [0, 0.1) is 10.1 Å². The van der Waals surface area contributed by atoms with E-state index in [1.807, 2.05) is 0 Å². The van der Waals surface area contributed by atoms with Crippen molar-refractivity contribution in [2.45, 2.75) is 0 Å². The summed E-state index contributed by atoms with van der Waals surface area (Å²) in [6.07, 6.45) is 2.92. The van der Waals surface area contributed by atoms with Gasteiger partial charge in [0.1, 0.15) is 12.7 Å². The first kappa shape index (κ1) is 9.78. The fourth-order valence-corrected chi connectivity index (χ4v) is 1.68. The van der Waals surface area contributed by atoms with Gasteiger partial charge in [-0.1, -0.05) is 0 Å². The lowest BCUT2D eigenvalue weighted by molar-refractivity contribution is -0.384. The van der Waals surface area contributed by atoms with E-state index in [4.69, 9.17) is 0 Å². The van der Waals surface area contributed by atoms with Crippen molar-refractivity contribution in [3.05, 3.63) is 45.4 Å². The molecule has 0 radical (unpaired) electrons. The van der Waals surface area contributed by atoms with Gasteiger partial charge in [-0.05, 0) is 22.0 Å². The minimum absolute atomic E-state index is 0.0331. The molecule has 2 rings (SSSR count). The van der Waals surface area contributed by atoms with Crippen molar-refractivity contribution in [2.75, 3.05) is 0 Å². The lowest BCUT2D eigenvalue weighted by atomic mass is 10.3. The average molecular weight is 269 g/mol. The summed E-state index contributed by atoms with van der Waals surface area (Å²) >= 11 is 3.24. The van der Waals surface area contributed by atoms with Gasteiger partial charge in [0.05, 0.1) is 15.1 Å². The van der Waals surface area contributed by atoms with Crippen molar-refractivity contribution >= 4 is 21.6 Å². The van der Waals surface area contributed by atoms with Crippen LogP contribution in [0.4, 0.5) is 5.69 Å². The summed E-state index contributed by atoms with van der Waals surface area (Å²) < 4.78 is 2.12. The molecule has 0 N–H and O–H groups in total. The molecule has 0 saturated heterocycles. The van der Waals surface area contributed by atoms with E-state index in [0.717, 1.165) is 0 Å². The zero-order valence-corrected chi connectivity index (χ0v) is 8.96. The zero-order valence-electron chi connectivity index (χ0n) is 7.37. The Morgan fingerprint density at radius 1 is 1.47 bits per heavy atom. The molecule has 15 heavy (non-hydrogen) atoms. The highest BCUT2D eigenvalue weighted by molar-refractivity contribution is 9.10. The van der Waals surface area contributed by atoms with Crippen LogP contribution in [0.25, 0.3) is 5.69 Å². The maximum absolute atomic E-state index is 10.5. The lowest BCUT2D eigenvalue weighted by Crippen LogP contribution is -1.96. The number of nitrogens with zero attached hydrogens (tertiary/aromatic N) is 4. The number of nitro groups is 1. The smallest absolute Gasteiger partial charge is 0.258 e. The Bertz CT molecular complexity index is 497. The molecule has 0 aliphatic heterocycles. The Morgan fingerprint density at radius 2 is 2.27 bits per heavy atom. The number of rotatable bonds is 2. The van der Waals surface area contributed by atoms with Crippen LogP contribution in [0.5, 0.6) is 0 Å². The van der Waals surface area contributed by atoms with Gasteiger partial charge in [0.25, 0.3) is 5.69 Å². The summed E-state index contributed by atoms with van der Waals surface area (Å²) in [6.45, 7) is 0. The monoisotopic (exact) mass is 268 g/mol. The molecule has 0 saturated carbocycles. The molecule has 76 valence electrons. The number of non-ortho nitro benzene ring substituents is 1. The van der Waals surface area contributed by atoms with Crippen LogP contribution in [-0.4, -0.2) is 19.7 Å². The molecule has 6 nitrogen and oxygen atoms in total. The van der Waals surface area contributed by atoms with E-state index in [-0.39, 0.29) is 5.69 Å². The van der Waals surface area contributed by atoms with Gasteiger partial charge in [-0.3, -0.25) is 10.1 Å². The van der Waals surface area contributed by atoms with E-state index in [9.17, 15) is 10.1 Å². The van der Waals surface area contributed by atoms with E-state index in [0.29, 0.717) is 10.2 Å². The molecule has 0 aliphatic carbocycles. The molecule has 1 aromatic heterocycles. The first-order valence-electron chi connectivity index (χ1n) is 3.97. The Balaban J connectivity index is 2.48. The highest BCUT2D eigenvalue weighted by Gasteiger charge is 2.10. The Hall–Kier alpha value is -1.76. The predicted octanol–water partition coefficient (Wildman–Crippen LogP) is 1.94. The van der Waals surface area contributed by atoms with Crippen LogP contribution in [0.2, 0.25) is 0 Å². The second-order valence-corrected chi connectivity index (χ2v) is 3.59. The molecule has 1 aromatic carbocycles. The molecule has 0 bridgehead atoms. The topological polar surface area (TPSA) is 73.8 Å². The highest BCUT2D eigenvalue weighted by Crippen LogP contribution is 2.25. The molecule has 0 aliphatic rings. The number of hydrogen-bond donors (Lipinski definition) is 0. The molecular formula is C8H5BrN4O2. The largest absolute Gasteiger partial charge is 0.270 e. The van der Waals surface area contributed by atoms with E-state index in [1.165, 1.54) is 29.5 Å². The minimum Gasteiger partial charge on any atom is -0.258 e. The molecule has 7 heteroatoms. The fraction of sp³-hybridized carbons (Fsp3) is 0. The molecule has 0 spiro atoms. The molecule has 0 unspecified atom stereocenters. The van der Waals surface area contributed by atoms with Gasteiger partial charge in [0, 0.05) is 12.1 Å². The molecule has 0 amide bonds. The van der Waals surface area contributed by atoms with Gasteiger partial charge in [-0.2, -0.15) is 5.10 Å². The maximum Gasteiger partial charge on any atom is 0.270 e. The number of benzene rings is 1. The van der Waals surface area contributed by atoms with Crippen molar-refractivity contribution in [2.24, 2.45) is 0 Å². The van der Waals surface area contributed by atoms with Gasteiger partial charge >= 0.3 is 0 Å². The number of hydrogen-bond acceptors (Lipinski definition) is 4. The summed E-state index contributed by atoms with van der Waals surface area (Å²) in [4.78, 5) is 13.8. The SMILES string of the molecule is O=[N+]([O-])c1ccc(-n2cncn2)c(Br)c1. The van der Waals surface area contributed by atoms with Crippen LogP contribution in [-0.2, 0) is 0 Å². The lowest BCUT2D eigenvalue weighted by Gasteiger charge is -2.02. The van der Waals surface area contributed by atoms with Crippen molar-refractivity contribution < 1.29 is 4.92 Å².